The van der Waals surface area contributed by atoms with E-state index in [0.717, 1.165) is 4.90 Å². The van der Waals surface area contributed by atoms with Gasteiger partial charge in [0.1, 0.15) is 12.6 Å². The molecule has 5 heteroatoms. The molecule has 1 aromatic carbocycles. The van der Waals surface area contributed by atoms with Crippen molar-refractivity contribution in [3.05, 3.63) is 35.9 Å². The number of benzene rings is 1. The highest BCUT2D eigenvalue weighted by Gasteiger charge is 2.23. The van der Waals surface area contributed by atoms with Gasteiger partial charge in [0, 0.05) is 0 Å². The van der Waals surface area contributed by atoms with Crippen LogP contribution in [0.4, 0.5) is 0 Å². The van der Waals surface area contributed by atoms with Crippen LogP contribution >= 0.6 is 0 Å². The maximum atomic E-state index is 12.0. The average molecular weight is 246 g/mol. The number of carboxylic acids is 1. The number of nitrogens with two attached hydrogens (primary N) is 1. The zero-order chi connectivity index (χ0) is 13.5. The minimum atomic E-state index is -1.13. The van der Waals surface area contributed by atoms with Gasteiger partial charge in [0.2, 0.25) is 5.91 Å². The van der Waals surface area contributed by atoms with E-state index in [0.29, 0.717) is 5.56 Å². The lowest BCUT2D eigenvalue weighted by Crippen LogP contribution is -2.41. The van der Waals surface area contributed by atoms with Crippen LogP contribution in [0.25, 0.3) is 0 Å². The molecule has 1 aromatic rings. The third-order valence-corrected chi connectivity index (χ3v) is 2.34. The maximum absolute atomic E-state index is 12.0. The number of nitrogens with zero attached hydrogens (tertiary/aromatic N) is 1. The van der Waals surface area contributed by atoms with Crippen molar-refractivity contribution in [2.75, 3.05) is 13.1 Å². The van der Waals surface area contributed by atoms with Gasteiger partial charge in [-0.1, -0.05) is 36.3 Å². The third-order valence-electron chi connectivity index (χ3n) is 2.34. The first-order valence-corrected chi connectivity index (χ1v) is 5.31. The zero-order valence-electron chi connectivity index (χ0n) is 9.74. The van der Waals surface area contributed by atoms with Gasteiger partial charge in [0.05, 0.1) is 6.54 Å². The molecule has 1 atom stereocenters. The third kappa shape index (κ3) is 3.61. The molecule has 0 heterocycles. The number of carbonyl (C=O) groups is 2. The van der Waals surface area contributed by atoms with Crippen molar-refractivity contribution in [2.45, 2.75) is 6.04 Å². The van der Waals surface area contributed by atoms with Gasteiger partial charge in [-0.05, 0) is 5.56 Å². The second-order valence-electron chi connectivity index (χ2n) is 3.68. The van der Waals surface area contributed by atoms with Gasteiger partial charge in [-0.3, -0.25) is 9.59 Å². The van der Waals surface area contributed by atoms with Crippen LogP contribution < -0.4 is 5.73 Å². The highest BCUT2D eigenvalue weighted by Crippen LogP contribution is 2.12. The average Bonchev–Trinajstić information content (AvgIpc) is 2.37. The Labute approximate surface area is 105 Å². The Morgan fingerprint density at radius 2 is 2.00 bits per heavy atom. The fraction of sp³-hybridized carbons (Fsp3) is 0.231. The Morgan fingerprint density at radius 1 is 1.39 bits per heavy atom. The molecule has 0 radical (unpaired) electrons. The number of amides is 1. The number of rotatable bonds is 5. The van der Waals surface area contributed by atoms with Crippen molar-refractivity contribution in [3.63, 3.8) is 0 Å². The molecule has 0 saturated heterocycles. The lowest BCUT2D eigenvalue weighted by Gasteiger charge is -2.22. The Morgan fingerprint density at radius 3 is 2.50 bits per heavy atom. The highest BCUT2D eigenvalue weighted by atomic mass is 16.4. The second kappa shape index (κ2) is 6.42. The Balaban J connectivity index is 2.83. The van der Waals surface area contributed by atoms with E-state index >= 15 is 0 Å². The molecular weight excluding hydrogens is 232 g/mol. The summed E-state index contributed by atoms with van der Waals surface area (Å²) < 4.78 is 0. The van der Waals surface area contributed by atoms with E-state index in [2.05, 4.69) is 5.92 Å². The Hall–Kier alpha value is -2.32. The minimum Gasteiger partial charge on any atom is -0.480 e. The summed E-state index contributed by atoms with van der Waals surface area (Å²) in [7, 11) is 0. The van der Waals surface area contributed by atoms with Crippen LogP contribution in [-0.4, -0.2) is 35.0 Å². The van der Waals surface area contributed by atoms with E-state index in [9.17, 15) is 9.59 Å². The summed E-state index contributed by atoms with van der Waals surface area (Å²) in [5, 5.41) is 8.71. The summed E-state index contributed by atoms with van der Waals surface area (Å²) in [4.78, 5) is 23.7. The van der Waals surface area contributed by atoms with Crippen molar-refractivity contribution >= 4 is 11.9 Å². The van der Waals surface area contributed by atoms with E-state index in [1.165, 1.54) is 0 Å². The quantitative estimate of drug-likeness (QED) is 0.729. The molecule has 0 spiro atoms. The molecule has 0 aliphatic carbocycles. The Kier molecular flexibility index (Phi) is 4.90. The first-order chi connectivity index (χ1) is 8.56. The van der Waals surface area contributed by atoms with E-state index in [1.807, 2.05) is 0 Å². The van der Waals surface area contributed by atoms with Gasteiger partial charge in [-0.15, -0.1) is 6.42 Å². The van der Waals surface area contributed by atoms with Crippen LogP contribution in [0.1, 0.15) is 11.6 Å². The molecule has 0 aliphatic rings. The number of aliphatic carboxylic acids is 1. The fourth-order valence-electron chi connectivity index (χ4n) is 1.48. The summed E-state index contributed by atoms with van der Waals surface area (Å²) in [6.07, 6.45) is 5.10. The summed E-state index contributed by atoms with van der Waals surface area (Å²) in [5.41, 5.74) is 6.41. The van der Waals surface area contributed by atoms with Crippen LogP contribution in [0, 0.1) is 12.3 Å². The number of terminal acetylenes is 1. The monoisotopic (exact) mass is 246 g/mol. The lowest BCUT2D eigenvalue weighted by molar-refractivity contribution is -0.144. The molecule has 0 aliphatic heterocycles. The number of hydrogen-bond donors (Lipinski definition) is 2. The normalized spacial score (nSPS) is 11.3. The van der Waals surface area contributed by atoms with E-state index in [4.69, 9.17) is 17.3 Å². The van der Waals surface area contributed by atoms with Gasteiger partial charge >= 0.3 is 5.97 Å². The largest absolute Gasteiger partial charge is 0.480 e. The molecule has 0 bridgehead atoms. The van der Waals surface area contributed by atoms with E-state index < -0.39 is 24.5 Å². The smallest absolute Gasteiger partial charge is 0.323 e. The van der Waals surface area contributed by atoms with Crippen LogP contribution in [-0.2, 0) is 9.59 Å². The standard InChI is InChI=1S/C13H14N2O3/c1-2-8-15(9-11(16)17)13(18)12(14)10-6-4-3-5-7-10/h1,3-7,12H,8-9,14H2,(H,16,17)/t12-/m0/s1. The molecule has 0 fully saturated rings. The first-order valence-electron chi connectivity index (χ1n) is 5.31. The topological polar surface area (TPSA) is 83.6 Å². The van der Waals surface area contributed by atoms with E-state index in [1.54, 1.807) is 30.3 Å². The summed E-state index contributed by atoms with van der Waals surface area (Å²) >= 11 is 0. The predicted molar refractivity (Wildman–Crippen MR) is 66.4 cm³/mol. The van der Waals surface area contributed by atoms with Gasteiger partial charge < -0.3 is 15.7 Å². The summed E-state index contributed by atoms with van der Waals surface area (Å²) in [6, 6.07) is 7.82. The minimum absolute atomic E-state index is 0.0777. The van der Waals surface area contributed by atoms with Crippen LogP contribution in [0.2, 0.25) is 0 Å². The second-order valence-corrected chi connectivity index (χ2v) is 3.68. The van der Waals surface area contributed by atoms with Crippen LogP contribution in [0.5, 0.6) is 0 Å². The molecule has 1 rings (SSSR count). The summed E-state index contributed by atoms with van der Waals surface area (Å²) in [6.45, 7) is -0.533. The van der Waals surface area contributed by atoms with Crippen LogP contribution in [0.15, 0.2) is 30.3 Å². The molecular formula is C13H14N2O3. The van der Waals surface area contributed by atoms with Crippen molar-refractivity contribution < 1.29 is 14.7 Å². The molecule has 0 aromatic heterocycles. The molecule has 18 heavy (non-hydrogen) atoms. The van der Waals surface area contributed by atoms with Gasteiger partial charge in [-0.25, -0.2) is 0 Å². The lowest BCUT2D eigenvalue weighted by atomic mass is 10.1. The highest BCUT2D eigenvalue weighted by molar-refractivity contribution is 5.86. The molecule has 3 N–H and O–H groups in total. The predicted octanol–water partition coefficient (Wildman–Crippen LogP) is 0.233. The SMILES string of the molecule is C#CCN(CC(=O)O)C(=O)[C@@H](N)c1ccccc1. The molecule has 94 valence electrons. The van der Waals surface area contributed by atoms with Gasteiger partial charge in [0.15, 0.2) is 0 Å². The summed E-state index contributed by atoms with van der Waals surface area (Å²) in [5.74, 6) is 0.622. The number of hydrogen-bond acceptors (Lipinski definition) is 3. The number of carboxylic acid groups (broad SMARTS) is 1. The number of carbonyl (C=O) groups excluding carboxylic acids is 1. The Bertz CT molecular complexity index is 465. The van der Waals surface area contributed by atoms with Crippen molar-refractivity contribution in [1.82, 2.24) is 4.90 Å². The molecule has 0 unspecified atom stereocenters. The maximum Gasteiger partial charge on any atom is 0.323 e. The van der Waals surface area contributed by atoms with Crippen molar-refractivity contribution in [1.29, 1.82) is 0 Å². The van der Waals surface area contributed by atoms with Gasteiger partial charge in [0.25, 0.3) is 0 Å². The molecule has 1 amide bonds. The van der Waals surface area contributed by atoms with Gasteiger partial charge in [-0.2, -0.15) is 0 Å². The van der Waals surface area contributed by atoms with Crippen LogP contribution in [0.3, 0.4) is 0 Å². The fourth-order valence-corrected chi connectivity index (χ4v) is 1.48. The zero-order valence-corrected chi connectivity index (χ0v) is 9.74. The van der Waals surface area contributed by atoms with Crippen molar-refractivity contribution in [2.24, 2.45) is 5.73 Å². The molecule has 0 saturated carbocycles. The van der Waals surface area contributed by atoms with Crippen molar-refractivity contribution in [3.8, 4) is 12.3 Å². The molecule has 5 nitrogen and oxygen atoms in total. The first kappa shape index (κ1) is 13.7. The van der Waals surface area contributed by atoms with E-state index in [-0.39, 0.29) is 6.54 Å².